The normalized spacial score (nSPS) is 35.0. The molecule has 22 heavy (non-hydrogen) atoms. The highest BCUT2D eigenvalue weighted by Crippen LogP contribution is 2.46. The lowest BCUT2D eigenvalue weighted by atomic mass is 9.80. The Labute approximate surface area is 136 Å². The Kier molecular flexibility index (Phi) is 5.55. The van der Waals surface area contributed by atoms with Gasteiger partial charge in [0, 0.05) is 0 Å². The molecule has 1 aliphatic carbocycles. The van der Waals surface area contributed by atoms with Gasteiger partial charge in [0.25, 0.3) is 0 Å². The van der Waals surface area contributed by atoms with E-state index in [1.54, 1.807) is 0 Å². The molecule has 1 aliphatic heterocycles. The standard InChI is InChI=1S/C20H34O2/c1-15-8-6-9-16(2)11-12-17(19(3,4)21)14-18-20(5,22-18)13-7-10-15/h9-10,17-18,21H,6-8,11-14H2,1-5H3. The van der Waals surface area contributed by atoms with Crippen LogP contribution in [0.3, 0.4) is 0 Å². The highest BCUT2D eigenvalue weighted by atomic mass is 16.6. The maximum absolute atomic E-state index is 10.5. The molecule has 0 bridgehead atoms. The minimum absolute atomic E-state index is 0.0370. The minimum Gasteiger partial charge on any atom is -0.390 e. The first-order valence-corrected chi connectivity index (χ1v) is 8.92. The first-order valence-electron chi connectivity index (χ1n) is 8.92. The van der Waals surface area contributed by atoms with Crippen LogP contribution < -0.4 is 0 Å². The van der Waals surface area contributed by atoms with Gasteiger partial charge in [-0.05, 0) is 85.5 Å². The summed E-state index contributed by atoms with van der Waals surface area (Å²) >= 11 is 0. The maximum atomic E-state index is 10.5. The molecule has 1 heterocycles. The molecule has 126 valence electrons. The lowest BCUT2D eigenvalue weighted by molar-refractivity contribution is 0.00635. The number of hydrogen-bond donors (Lipinski definition) is 1. The molecule has 2 aliphatic rings. The molecule has 1 N–H and O–H groups in total. The molecule has 1 saturated heterocycles. The molecule has 0 saturated carbocycles. The molecule has 0 amide bonds. The van der Waals surface area contributed by atoms with E-state index < -0.39 is 5.60 Å². The molecular formula is C20H34O2. The molecule has 2 nitrogen and oxygen atoms in total. The number of allylic oxidation sites excluding steroid dienone is 4. The Morgan fingerprint density at radius 3 is 2.45 bits per heavy atom. The fraction of sp³-hybridized carbons (Fsp3) is 0.800. The third-order valence-electron chi connectivity index (χ3n) is 5.59. The van der Waals surface area contributed by atoms with Crippen LogP contribution in [0, 0.1) is 5.92 Å². The number of fused-ring (bicyclic) bond motifs is 1. The minimum atomic E-state index is -0.624. The van der Waals surface area contributed by atoms with Crippen molar-refractivity contribution in [1.82, 2.24) is 0 Å². The van der Waals surface area contributed by atoms with Crippen molar-refractivity contribution in [2.24, 2.45) is 5.92 Å². The number of aliphatic hydroxyl groups is 1. The average molecular weight is 306 g/mol. The molecule has 0 aromatic heterocycles. The van der Waals surface area contributed by atoms with E-state index in [1.165, 1.54) is 11.1 Å². The Hall–Kier alpha value is -0.600. The Morgan fingerprint density at radius 2 is 1.77 bits per heavy atom. The van der Waals surface area contributed by atoms with Crippen LogP contribution in [0.1, 0.15) is 79.6 Å². The molecule has 2 heteroatoms. The van der Waals surface area contributed by atoms with E-state index in [4.69, 9.17) is 4.74 Å². The summed E-state index contributed by atoms with van der Waals surface area (Å²) in [5.41, 5.74) is 2.37. The fourth-order valence-electron chi connectivity index (χ4n) is 3.58. The highest BCUT2D eigenvalue weighted by Gasteiger charge is 2.52. The highest BCUT2D eigenvalue weighted by molar-refractivity contribution is 5.08. The topological polar surface area (TPSA) is 32.8 Å². The van der Waals surface area contributed by atoms with Gasteiger partial charge in [0.05, 0.1) is 17.3 Å². The van der Waals surface area contributed by atoms with Crippen molar-refractivity contribution in [3.8, 4) is 0 Å². The quantitative estimate of drug-likeness (QED) is 0.535. The van der Waals surface area contributed by atoms with E-state index in [1.807, 2.05) is 13.8 Å². The largest absolute Gasteiger partial charge is 0.390 e. The van der Waals surface area contributed by atoms with Crippen molar-refractivity contribution >= 4 is 0 Å². The SMILES string of the molecule is CC1=CCCC2(C)OC2CC(C(C)(C)O)CCC(C)=CCC1. The number of ether oxygens (including phenoxy) is 1. The van der Waals surface area contributed by atoms with E-state index >= 15 is 0 Å². The van der Waals surface area contributed by atoms with Crippen molar-refractivity contribution in [3.63, 3.8) is 0 Å². The summed E-state index contributed by atoms with van der Waals surface area (Å²) in [7, 11) is 0. The zero-order valence-electron chi connectivity index (χ0n) is 15.1. The Morgan fingerprint density at radius 1 is 1.14 bits per heavy atom. The van der Waals surface area contributed by atoms with Crippen LogP contribution in [0.5, 0.6) is 0 Å². The monoisotopic (exact) mass is 306 g/mol. The summed E-state index contributed by atoms with van der Waals surface area (Å²) in [6.07, 6.45) is 12.7. The number of epoxide rings is 1. The van der Waals surface area contributed by atoms with Gasteiger partial charge in [-0.3, -0.25) is 0 Å². The zero-order valence-corrected chi connectivity index (χ0v) is 15.1. The first kappa shape index (κ1) is 17.7. The zero-order chi connectivity index (χ0) is 16.4. The lowest BCUT2D eigenvalue weighted by Gasteiger charge is -2.29. The van der Waals surface area contributed by atoms with Crippen LogP contribution in [-0.2, 0) is 4.74 Å². The third kappa shape index (κ3) is 4.96. The molecule has 3 unspecified atom stereocenters. The van der Waals surface area contributed by atoms with Gasteiger partial charge in [-0.25, -0.2) is 0 Å². The molecule has 0 aromatic rings. The molecule has 0 spiro atoms. The van der Waals surface area contributed by atoms with E-state index in [0.29, 0.717) is 12.0 Å². The van der Waals surface area contributed by atoms with Crippen molar-refractivity contribution < 1.29 is 9.84 Å². The van der Waals surface area contributed by atoms with Crippen molar-refractivity contribution in [1.29, 1.82) is 0 Å². The summed E-state index contributed by atoms with van der Waals surface area (Å²) in [6, 6.07) is 0. The van der Waals surface area contributed by atoms with Crippen LogP contribution in [-0.4, -0.2) is 22.4 Å². The van der Waals surface area contributed by atoms with E-state index in [2.05, 4.69) is 32.9 Å². The molecule has 0 radical (unpaired) electrons. The summed E-state index contributed by atoms with van der Waals surface area (Å²) in [5.74, 6) is 0.308. The second kappa shape index (κ2) is 6.88. The van der Waals surface area contributed by atoms with Crippen LogP contribution in [0.25, 0.3) is 0 Å². The van der Waals surface area contributed by atoms with E-state index in [-0.39, 0.29) is 5.60 Å². The average Bonchev–Trinajstić information content (AvgIpc) is 3.03. The van der Waals surface area contributed by atoms with Gasteiger partial charge in [-0.2, -0.15) is 0 Å². The van der Waals surface area contributed by atoms with Gasteiger partial charge in [-0.15, -0.1) is 0 Å². The predicted octanol–water partition coefficient (Wildman–Crippen LogP) is 5.17. The number of hydrogen-bond acceptors (Lipinski definition) is 2. The molecule has 3 atom stereocenters. The van der Waals surface area contributed by atoms with Crippen LogP contribution in [0.15, 0.2) is 23.3 Å². The van der Waals surface area contributed by atoms with Crippen LogP contribution in [0.2, 0.25) is 0 Å². The summed E-state index contributed by atoms with van der Waals surface area (Å²) in [5, 5.41) is 10.5. The predicted molar refractivity (Wildman–Crippen MR) is 92.9 cm³/mol. The van der Waals surface area contributed by atoms with Crippen molar-refractivity contribution in [2.45, 2.75) is 96.9 Å². The van der Waals surface area contributed by atoms with Gasteiger partial charge in [-0.1, -0.05) is 23.3 Å². The first-order chi connectivity index (χ1) is 10.2. The smallest absolute Gasteiger partial charge is 0.0923 e. The summed E-state index contributed by atoms with van der Waals surface area (Å²) in [6.45, 7) is 10.6. The van der Waals surface area contributed by atoms with Crippen molar-refractivity contribution in [3.05, 3.63) is 23.3 Å². The van der Waals surface area contributed by atoms with Crippen LogP contribution in [0.4, 0.5) is 0 Å². The third-order valence-corrected chi connectivity index (χ3v) is 5.59. The van der Waals surface area contributed by atoms with Gasteiger partial charge in [0.2, 0.25) is 0 Å². The van der Waals surface area contributed by atoms with E-state index in [9.17, 15) is 5.11 Å². The summed E-state index contributed by atoms with van der Waals surface area (Å²) in [4.78, 5) is 0. The van der Waals surface area contributed by atoms with Crippen LogP contribution >= 0.6 is 0 Å². The van der Waals surface area contributed by atoms with Gasteiger partial charge in [0.15, 0.2) is 0 Å². The molecule has 0 aromatic carbocycles. The molecule has 1 fully saturated rings. The van der Waals surface area contributed by atoms with Crippen molar-refractivity contribution in [2.75, 3.05) is 0 Å². The summed E-state index contributed by atoms with van der Waals surface area (Å²) < 4.78 is 6.01. The second-order valence-corrected chi connectivity index (χ2v) is 8.22. The second-order valence-electron chi connectivity index (χ2n) is 8.22. The number of rotatable bonds is 1. The lowest BCUT2D eigenvalue weighted by Crippen LogP contribution is -2.32. The van der Waals surface area contributed by atoms with Gasteiger partial charge < -0.3 is 9.84 Å². The fourth-order valence-corrected chi connectivity index (χ4v) is 3.58. The maximum Gasteiger partial charge on any atom is 0.0923 e. The Bertz CT molecular complexity index is 441. The molecular weight excluding hydrogens is 272 g/mol. The van der Waals surface area contributed by atoms with Gasteiger partial charge >= 0.3 is 0 Å². The van der Waals surface area contributed by atoms with E-state index in [0.717, 1.165) is 44.9 Å². The molecule has 2 rings (SSSR count). The Balaban J connectivity index is 2.08. The van der Waals surface area contributed by atoms with Gasteiger partial charge in [0.1, 0.15) is 0 Å².